The number of amides is 1. The molecule has 0 bridgehead atoms. The van der Waals surface area contributed by atoms with E-state index in [1.165, 1.54) is 6.33 Å². The van der Waals surface area contributed by atoms with E-state index in [0.29, 0.717) is 24.4 Å². The predicted molar refractivity (Wildman–Crippen MR) is 95.1 cm³/mol. The molecule has 0 aliphatic carbocycles. The summed E-state index contributed by atoms with van der Waals surface area (Å²) in [7, 11) is 0. The molecule has 0 saturated carbocycles. The highest BCUT2D eigenvalue weighted by Gasteiger charge is 2.07. The predicted octanol–water partition coefficient (Wildman–Crippen LogP) is 2.29. The van der Waals surface area contributed by atoms with Crippen LogP contribution in [0, 0.1) is 0 Å². The van der Waals surface area contributed by atoms with Gasteiger partial charge in [-0.1, -0.05) is 22.9 Å². The Bertz CT molecular complexity index is 845. The Hall–Kier alpha value is -2.48. The summed E-state index contributed by atoms with van der Waals surface area (Å²) in [6, 6.07) is 9.19. The minimum Gasteiger partial charge on any atom is -0.368 e. The molecule has 2 aromatic heterocycles. The molecule has 2 heterocycles. The molecule has 0 aliphatic heterocycles. The van der Waals surface area contributed by atoms with E-state index in [1.807, 2.05) is 25.1 Å². The second-order valence-electron chi connectivity index (χ2n) is 5.15. The third kappa shape index (κ3) is 3.70. The molecule has 0 spiro atoms. The van der Waals surface area contributed by atoms with Gasteiger partial charge in [0, 0.05) is 34.9 Å². The summed E-state index contributed by atoms with van der Waals surface area (Å²) in [5.74, 6) is 1.28. The number of aromatic nitrogens is 4. The number of hydrogen-bond donors (Lipinski definition) is 2. The monoisotopic (exact) mass is 388 g/mol. The van der Waals surface area contributed by atoms with Crippen molar-refractivity contribution in [1.82, 2.24) is 24.9 Å². The summed E-state index contributed by atoms with van der Waals surface area (Å²) in [6.45, 7) is 3.11. The zero-order valence-electron chi connectivity index (χ0n) is 13.2. The molecule has 0 saturated heterocycles. The van der Waals surface area contributed by atoms with Gasteiger partial charge in [0.25, 0.3) is 11.7 Å². The van der Waals surface area contributed by atoms with Gasteiger partial charge in [-0.05, 0) is 30.7 Å². The van der Waals surface area contributed by atoms with Gasteiger partial charge in [0.2, 0.25) is 0 Å². The fourth-order valence-electron chi connectivity index (χ4n) is 2.24. The van der Waals surface area contributed by atoms with E-state index in [2.05, 4.69) is 41.6 Å². The number of halogens is 1. The van der Waals surface area contributed by atoms with Gasteiger partial charge in [-0.2, -0.15) is 14.6 Å². The maximum atomic E-state index is 12.0. The maximum Gasteiger partial charge on any atom is 0.254 e. The molecule has 0 unspecified atom stereocenters. The number of anilines is 1. The average Bonchev–Trinajstić information content (AvgIpc) is 3.07. The van der Waals surface area contributed by atoms with Gasteiger partial charge in [-0.25, -0.2) is 4.98 Å². The fraction of sp³-hybridized carbons (Fsp3) is 0.250. The standard InChI is InChI=1S/C16H17BrN6O/c1-2-13-9-14(23-16(22-13)20-10-21-23)18-7-8-19-15(24)11-3-5-12(17)6-4-11/h3-6,9-10,18H,2,7-8H2,1H3,(H,19,24). The summed E-state index contributed by atoms with van der Waals surface area (Å²) >= 11 is 3.35. The number of fused-ring (bicyclic) bond motifs is 1. The lowest BCUT2D eigenvalue weighted by atomic mass is 10.2. The first-order chi connectivity index (χ1) is 11.7. The second-order valence-corrected chi connectivity index (χ2v) is 6.06. The highest BCUT2D eigenvalue weighted by Crippen LogP contribution is 2.11. The number of carbonyl (C=O) groups is 1. The first-order valence-electron chi connectivity index (χ1n) is 7.64. The lowest BCUT2D eigenvalue weighted by molar-refractivity contribution is 0.0955. The molecule has 3 rings (SSSR count). The maximum absolute atomic E-state index is 12.0. The Balaban J connectivity index is 1.58. The van der Waals surface area contributed by atoms with Crippen LogP contribution in [0.3, 0.4) is 0 Å². The first-order valence-corrected chi connectivity index (χ1v) is 8.44. The van der Waals surface area contributed by atoms with Crippen molar-refractivity contribution in [2.75, 3.05) is 18.4 Å². The van der Waals surface area contributed by atoms with Crippen molar-refractivity contribution in [3.05, 3.63) is 52.4 Å². The molecule has 3 aromatic rings. The molecular formula is C16H17BrN6O. The van der Waals surface area contributed by atoms with Crippen molar-refractivity contribution in [2.45, 2.75) is 13.3 Å². The SMILES string of the molecule is CCc1cc(NCCNC(=O)c2ccc(Br)cc2)n2ncnc2n1. The largest absolute Gasteiger partial charge is 0.368 e. The van der Waals surface area contributed by atoms with Gasteiger partial charge >= 0.3 is 0 Å². The smallest absolute Gasteiger partial charge is 0.254 e. The summed E-state index contributed by atoms with van der Waals surface area (Å²) < 4.78 is 2.59. The molecule has 24 heavy (non-hydrogen) atoms. The first kappa shape index (κ1) is 16.4. The number of aryl methyl sites for hydroxylation is 1. The van der Waals surface area contributed by atoms with E-state index in [4.69, 9.17) is 0 Å². The number of benzene rings is 1. The molecule has 8 heteroatoms. The van der Waals surface area contributed by atoms with Gasteiger partial charge in [-0.3, -0.25) is 4.79 Å². The van der Waals surface area contributed by atoms with Gasteiger partial charge in [0.05, 0.1) is 0 Å². The van der Waals surface area contributed by atoms with Crippen LogP contribution in [0.4, 0.5) is 5.82 Å². The molecule has 0 aliphatic rings. The van der Waals surface area contributed by atoms with Crippen molar-refractivity contribution in [1.29, 1.82) is 0 Å². The van der Waals surface area contributed by atoms with Crippen LogP contribution in [0.15, 0.2) is 41.1 Å². The van der Waals surface area contributed by atoms with Gasteiger partial charge in [-0.15, -0.1) is 0 Å². The molecule has 1 aromatic carbocycles. The average molecular weight is 389 g/mol. The Kier molecular flexibility index (Phi) is 5.05. The van der Waals surface area contributed by atoms with Gasteiger partial charge in [0.15, 0.2) is 0 Å². The van der Waals surface area contributed by atoms with Gasteiger partial charge < -0.3 is 10.6 Å². The van der Waals surface area contributed by atoms with E-state index in [0.717, 1.165) is 22.4 Å². The van der Waals surface area contributed by atoms with E-state index in [9.17, 15) is 4.79 Å². The molecule has 0 radical (unpaired) electrons. The molecule has 0 fully saturated rings. The molecule has 2 N–H and O–H groups in total. The van der Waals surface area contributed by atoms with Crippen LogP contribution >= 0.6 is 15.9 Å². The van der Waals surface area contributed by atoms with Crippen LogP contribution in [0.2, 0.25) is 0 Å². The summed E-state index contributed by atoms with van der Waals surface area (Å²) in [5.41, 5.74) is 1.57. The van der Waals surface area contributed by atoms with Crippen molar-refractivity contribution in [3.63, 3.8) is 0 Å². The lowest BCUT2D eigenvalue weighted by Gasteiger charge is -2.10. The van der Waals surface area contributed by atoms with E-state index < -0.39 is 0 Å². The van der Waals surface area contributed by atoms with Crippen molar-refractivity contribution in [3.8, 4) is 0 Å². The summed E-state index contributed by atoms with van der Waals surface area (Å²) in [4.78, 5) is 20.6. The number of nitrogens with zero attached hydrogens (tertiary/aromatic N) is 4. The third-order valence-electron chi connectivity index (χ3n) is 3.49. The van der Waals surface area contributed by atoms with Crippen LogP contribution in [0.5, 0.6) is 0 Å². The molecule has 0 atom stereocenters. The second kappa shape index (κ2) is 7.39. The highest BCUT2D eigenvalue weighted by atomic mass is 79.9. The minimum absolute atomic E-state index is 0.0980. The van der Waals surface area contributed by atoms with E-state index in [1.54, 1.807) is 16.6 Å². The Labute approximate surface area is 147 Å². The molecule has 124 valence electrons. The van der Waals surface area contributed by atoms with E-state index >= 15 is 0 Å². The van der Waals surface area contributed by atoms with E-state index in [-0.39, 0.29) is 5.91 Å². The number of hydrogen-bond acceptors (Lipinski definition) is 5. The Morgan fingerprint density at radius 2 is 2.04 bits per heavy atom. The Morgan fingerprint density at radius 3 is 2.79 bits per heavy atom. The normalized spacial score (nSPS) is 10.8. The third-order valence-corrected chi connectivity index (χ3v) is 4.02. The topological polar surface area (TPSA) is 84.2 Å². The van der Waals surface area contributed by atoms with Crippen molar-refractivity contribution >= 4 is 33.4 Å². The zero-order chi connectivity index (χ0) is 16.9. The molecular weight excluding hydrogens is 372 g/mol. The van der Waals surface area contributed by atoms with Crippen LogP contribution < -0.4 is 10.6 Å². The Morgan fingerprint density at radius 1 is 1.25 bits per heavy atom. The van der Waals surface area contributed by atoms with Crippen molar-refractivity contribution in [2.24, 2.45) is 0 Å². The van der Waals surface area contributed by atoms with Crippen LogP contribution in [-0.2, 0) is 6.42 Å². The number of nitrogens with one attached hydrogen (secondary N) is 2. The molecule has 1 amide bonds. The fourth-order valence-corrected chi connectivity index (χ4v) is 2.50. The van der Waals surface area contributed by atoms with Crippen LogP contribution in [0.25, 0.3) is 5.78 Å². The van der Waals surface area contributed by atoms with Crippen molar-refractivity contribution < 1.29 is 4.79 Å². The number of rotatable bonds is 6. The zero-order valence-corrected chi connectivity index (χ0v) is 14.7. The summed E-state index contributed by atoms with van der Waals surface area (Å²) in [6.07, 6.45) is 2.29. The van der Waals surface area contributed by atoms with Gasteiger partial charge in [0.1, 0.15) is 12.1 Å². The van der Waals surface area contributed by atoms with Crippen LogP contribution in [-0.4, -0.2) is 38.6 Å². The molecule has 7 nitrogen and oxygen atoms in total. The van der Waals surface area contributed by atoms with Crippen LogP contribution in [0.1, 0.15) is 23.0 Å². The summed E-state index contributed by atoms with van der Waals surface area (Å²) in [5, 5.41) is 10.3. The highest BCUT2D eigenvalue weighted by molar-refractivity contribution is 9.10. The number of carbonyl (C=O) groups excluding carboxylic acids is 1. The quantitative estimate of drug-likeness (QED) is 0.632. The minimum atomic E-state index is -0.0980. The lowest BCUT2D eigenvalue weighted by Crippen LogP contribution is -2.29.